The van der Waals surface area contributed by atoms with Crippen LogP contribution in [0.5, 0.6) is 0 Å². The Bertz CT molecular complexity index is 271. The number of carbonyl (C=O) groups excluding carboxylic acids is 1. The first-order valence-electron chi connectivity index (χ1n) is 3.85. The second kappa shape index (κ2) is 8.46. The first kappa shape index (κ1) is 16.6. The van der Waals surface area contributed by atoms with Gasteiger partial charge in [0.05, 0.1) is 0 Å². The minimum Gasteiger partial charge on any atom is -1.00 e. The molecule has 0 radical (unpaired) electrons. The second-order valence-corrected chi connectivity index (χ2v) is 2.54. The van der Waals surface area contributed by atoms with Gasteiger partial charge in [0.25, 0.3) is 0 Å². The Kier molecular flexibility index (Phi) is 9.35. The number of carbonyl (C=O) groups is 3. The molecule has 0 rings (SSSR count). The van der Waals surface area contributed by atoms with Gasteiger partial charge >= 0.3 is 41.5 Å². The summed E-state index contributed by atoms with van der Waals surface area (Å²) in [5.41, 5.74) is 0. The summed E-state index contributed by atoms with van der Waals surface area (Å²) >= 11 is 0. The quantitative estimate of drug-likeness (QED) is 0.325. The van der Waals surface area contributed by atoms with Crippen LogP contribution >= 0.6 is 0 Å². The number of carboxylic acids is 2. The molecule has 0 fully saturated rings. The second-order valence-electron chi connectivity index (χ2n) is 2.54. The number of hydrogen-bond donors (Lipinski definition) is 3. The van der Waals surface area contributed by atoms with E-state index in [1.165, 1.54) is 0 Å². The number of nitrogens with one attached hydrogen (secondary N) is 1. The molecule has 3 N–H and O–H groups in total. The molecule has 80 valence electrons. The molecule has 0 unspecified atom stereocenters. The summed E-state index contributed by atoms with van der Waals surface area (Å²) in [4.78, 5) is 31.4. The van der Waals surface area contributed by atoms with Crippen molar-refractivity contribution < 1.29 is 55.6 Å². The molecule has 0 aromatic heterocycles. The zero-order valence-corrected chi connectivity index (χ0v) is 10.4. The molecule has 0 saturated heterocycles. The molecule has 6 nitrogen and oxygen atoms in total. The minimum atomic E-state index is -1.26. The van der Waals surface area contributed by atoms with Gasteiger partial charge in [-0.05, 0) is 12.5 Å². The van der Waals surface area contributed by atoms with Crippen molar-refractivity contribution in [3.63, 3.8) is 0 Å². The van der Waals surface area contributed by atoms with Crippen molar-refractivity contribution in [1.82, 2.24) is 5.32 Å². The molecule has 0 bridgehead atoms. The van der Waals surface area contributed by atoms with Crippen molar-refractivity contribution in [1.29, 1.82) is 0 Å². The zero-order valence-electron chi connectivity index (χ0n) is 9.40. The monoisotopic (exact) mass is 225 g/mol. The number of rotatable bonds is 6. The van der Waals surface area contributed by atoms with Gasteiger partial charge in [0.2, 0.25) is 5.91 Å². The summed E-state index contributed by atoms with van der Waals surface area (Å²) in [6, 6.07) is -1.18. The maximum atomic E-state index is 10.7. The summed E-state index contributed by atoms with van der Waals surface area (Å²) in [7, 11) is 0. The van der Waals surface area contributed by atoms with Crippen molar-refractivity contribution in [3.05, 3.63) is 12.7 Å². The van der Waals surface area contributed by atoms with E-state index in [2.05, 4.69) is 11.9 Å². The fraction of sp³-hybridized carbons (Fsp3) is 0.375. The van der Waals surface area contributed by atoms with E-state index in [4.69, 9.17) is 10.2 Å². The van der Waals surface area contributed by atoms with Crippen LogP contribution < -0.4 is 34.9 Å². The van der Waals surface area contributed by atoms with Crippen molar-refractivity contribution in [3.8, 4) is 0 Å². The SMILES string of the molecule is C=CC(=O)N[C@H](CCC(=O)O)C(=O)O.[H-].[Na+]. The molecule has 0 aliphatic heterocycles. The molecule has 0 aromatic carbocycles. The van der Waals surface area contributed by atoms with Crippen LogP contribution in [-0.4, -0.2) is 34.1 Å². The average Bonchev–Trinajstić information content (AvgIpc) is 2.10. The van der Waals surface area contributed by atoms with Gasteiger partial charge in [-0.2, -0.15) is 0 Å². The van der Waals surface area contributed by atoms with Crippen LogP contribution in [0.15, 0.2) is 12.7 Å². The summed E-state index contributed by atoms with van der Waals surface area (Å²) in [6.45, 7) is 3.15. The Labute approximate surface area is 110 Å². The normalized spacial score (nSPS) is 10.7. The van der Waals surface area contributed by atoms with E-state index in [-0.39, 0.29) is 43.8 Å². The fourth-order valence-electron chi connectivity index (χ4n) is 0.756. The Balaban J connectivity index is -0.000000845. The third-order valence-electron chi connectivity index (χ3n) is 1.45. The summed E-state index contributed by atoms with van der Waals surface area (Å²) in [5, 5.41) is 19.0. The maximum absolute atomic E-state index is 10.7. The predicted molar refractivity (Wildman–Crippen MR) is 47.7 cm³/mol. The molecule has 0 aliphatic rings. The van der Waals surface area contributed by atoms with Crippen LogP contribution in [0.4, 0.5) is 0 Å². The van der Waals surface area contributed by atoms with Gasteiger partial charge in [-0.15, -0.1) is 0 Å². The van der Waals surface area contributed by atoms with Crippen molar-refractivity contribution in [2.24, 2.45) is 0 Å². The molecule has 0 spiro atoms. The van der Waals surface area contributed by atoms with Gasteiger partial charge in [0.1, 0.15) is 6.04 Å². The van der Waals surface area contributed by atoms with E-state index >= 15 is 0 Å². The Morgan fingerprint density at radius 3 is 2.27 bits per heavy atom. The summed E-state index contributed by atoms with van der Waals surface area (Å²) in [6.07, 6.45) is 0.468. The van der Waals surface area contributed by atoms with Gasteiger partial charge < -0.3 is 17.0 Å². The van der Waals surface area contributed by atoms with Crippen LogP contribution in [0.25, 0.3) is 0 Å². The zero-order chi connectivity index (χ0) is 11.1. The summed E-state index contributed by atoms with van der Waals surface area (Å²) in [5.74, 6) is -3.01. The Hall–Kier alpha value is -0.850. The topological polar surface area (TPSA) is 104 Å². The van der Waals surface area contributed by atoms with Crippen molar-refractivity contribution in [2.45, 2.75) is 18.9 Å². The Morgan fingerprint density at radius 2 is 1.93 bits per heavy atom. The van der Waals surface area contributed by atoms with Crippen molar-refractivity contribution >= 4 is 17.8 Å². The number of carboxylic acid groups (broad SMARTS) is 2. The molecule has 1 amide bonds. The van der Waals surface area contributed by atoms with E-state index < -0.39 is 23.9 Å². The van der Waals surface area contributed by atoms with Gasteiger partial charge in [-0.25, -0.2) is 4.79 Å². The molecular weight excluding hydrogens is 213 g/mol. The van der Waals surface area contributed by atoms with Crippen LogP contribution in [0.1, 0.15) is 14.3 Å². The smallest absolute Gasteiger partial charge is 1.00 e. The van der Waals surface area contributed by atoms with Crippen LogP contribution in [0.2, 0.25) is 0 Å². The largest absolute Gasteiger partial charge is 1.00 e. The molecule has 0 aliphatic carbocycles. The first-order valence-corrected chi connectivity index (χ1v) is 3.85. The van der Waals surface area contributed by atoms with E-state index in [0.29, 0.717) is 0 Å². The number of amides is 1. The van der Waals surface area contributed by atoms with E-state index in [1.54, 1.807) is 0 Å². The minimum absolute atomic E-state index is 0. The van der Waals surface area contributed by atoms with E-state index in [0.717, 1.165) is 6.08 Å². The van der Waals surface area contributed by atoms with Crippen LogP contribution in [0, 0.1) is 0 Å². The van der Waals surface area contributed by atoms with Crippen LogP contribution in [-0.2, 0) is 14.4 Å². The molecular formula is C8H12NNaO5. The molecule has 7 heteroatoms. The average molecular weight is 225 g/mol. The van der Waals surface area contributed by atoms with Gasteiger partial charge in [-0.3, -0.25) is 9.59 Å². The number of aliphatic carboxylic acids is 2. The third-order valence-corrected chi connectivity index (χ3v) is 1.45. The Morgan fingerprint density at radius 1 is 1.40 bits per heavy atom. The van der Waals surface area contributed by atoms with E-state index in [9.17, 15) is 14.4 Å². The van der Waals surface area contributed by atoms with Gasteiger partial charge in [0.15, 0.2) is 0 Å². The fourth-order valence-corrected chi connectivity index (χ4v) is 0.756. The summed E-state index contributed by atoms with van der Waals surface area (Å²) < 4.78 is 0. The van der Waals surface area contributed by atoms with Crippen molar-refractivity contribution in [2.75, 3.05) is 0 Å². The predicted octanol–water partition coefficient (Wildman–Crippen LogP) is -3.28. The van der Waals surface area contributed by atoms with Gasteiger partial charge in [0, 0.05) is 6.42 Å². The molecule has 15 heavy (non-hydrogen) atoms. The maximum Gasteiger partial charge on any atom is 1.00 e. The number of hydrogen-bond acceptors (Lipinski definition) is 3. The molecule has 0 saturated carbocycles. The third kappa shape index (κ3) is 8.17. The van der Waals surface area contributed by atoms with Crippen LogP contribution in [0.3, 0.4) is 0 Å². The van der Waals surface area contributed by atoms with Gasteiger partial charge in [-0.1, -0.05) is 6.58 Å². The molecule has 0 aromatic rings. The molecule has 0 heterocycles. The molecule has 1 atom stereocenters. The van der Waals surface area contributed by atoms with E-state index in [1.807, 2.05) is 0 Å². The first-order chi connectivity index (χ1) is 6.47. The standard InChI is InChI=1S/C8H11NO5.Na.H/c1-2-6(10)9-5(8(13)14)3-4-7(11)12;;/h2,5H,1,3-4H2,(H,9,10)(H,11,12)(H,13,14);;/q;+1;-1/t5-;;/m1../s1.